The molecule has 1 amide bonds. The molecule has 0 radical (unpaired) electrons. The largest absolute Gasteiger partial charge is 0.452 e. The van der Waals surface area contributed by atoms with Crippen LogP contribution in [0.25, 0.3) is 0 Å². The van der Waals surface area contributed by atoms with E-state index in [2.05, 4.69) is 10.3 Å². The predicted octanol–water partition coefficient (Wildman–Crippen LogP) is 0.341. The Kier molecular flexibility index (Phi) is 8.01. The molecule has 8 nitrogen and oxygen atoms in total. The normalized spacial score (nSPS) is 11.4. The number of rotatable bonds is 8. The zero-order valence-corrected chi connectivity index (χ0v) is 14.5. The van der Waals surface area contributed by atoms with Gasteiger partial charge in [-0.15, -0.1) is 0 Å². The van der Waals surface area contributed by atoms with Gasteiger partial charge in [0.2, 0.25) is 5.56 Å². The number of ether oxygens (including phenoxy) is 2. The molecule has 24 heavy (non-hydrogen) atoms. The molecule has 0 aliphatic rings. The fraction of sp³-hybridized carbons (Fsp3) is 0.467. The van der Waals surface area contributed by atoms with Crippen molar-refractivity contribution in [3.8, 4) is 6.07 Å². The second kappa shape index (κ2) is 9.75. The first-order valence-electron chi connectivity index (χ1n) is 7.12. The van der Waals surface area contributed by atoms with Crippen LogP contribution in [0.2, 0.25) is 0 Å². The summed E-state index contributed by atoms with van der Waals surface area (Å²) in [7, 11) is 1.51. The van der Waals surface area contributed by atoms with Gasteiger partial charge in [-0.3, -0.25) is 14.4 Å². The number of aryl methyl sites for hydroxylation is 1. The third-order valence-electron chi connectivity index (χ3n) is 2.93. The first-order valence-corrected chi connectivity index (χ1v) is 8.10. The van der Waals surface area contributed by atoms with Crippen LogP contribution in [0.1, 0.15) is 18.1 Å². The van der Waals surface area contributed by atoms with Gasteiger partial charge in [0.1, 0.15) is 6.07 Å². The van der Waals surface area contributed by atoms with E-state index in [0.29, 0.717) is 29.3 Å². The Balaban J connectivity index is 2.57. The Bertz CT molecular complexity index is 695. The number of H-pyrrole nitrogens is 1. The van der Waals surface area contributed by atoms with Crippen LogP contribution in [0.4, 0.5) is 0 Å². The predicted molar refractivity (Wildman–Crippen MR) is 87.7 cm³/mol. The molecule has 1 heterocycles. The van der Waals surface area contributed by atoms with Crippen molar-refractivity contribution in [1.29, 1.82) is 5.26 Å². The molecule has 1 aromatic rings. The number of nitriles is 1. The van der Waals surface area contributed by atoms with Crippen LogP contribution in [0.5, 0.6) is 0 Å². The second-order valence-corrected chi connectivity index (χ2v) is 5.82. The molecule has 1 rings (SSSR count). The molecular formula is C15H19N3O5S. The molecule has 0 bridgehead atoms. The number of carbonyl (C=O) groups excluding carboxylic acids is 2. The van der Waals surface area contributed by atoms with Crippen molar-refractivity contribution in [2.45, 2.75) is 25.0 Å². The first-order chi connectivity index (χ1) is 11.4. The van der Waals surface area contributed by atoms with Crippen molar-refractivity contribution in [2.75, 3.05) is 26.0 Å². The van der Waals surface area contributed by atoms with Gasteiger partial charge in [0.05, 0.1) is 22.9 Å². The van der Waals surface area contributed by atoms with E-state index in [0.717, 1.165) is 11.8 Å². The van der Waals surface area contributed by atoms with Gasteiger partial charge >= 0.3 is 5.97 Å². The minimum Gasteiger partial charge on any atom is -0.452 e. The van der Waals surface area contributed by atoms with E-state index in [-0.39, 0.29) is 11.3 Å². The third kappa shape index (κ3) is 6.06. The lowest BCUT2D eigenvalue weighted by atomic mass is 10.2. The Morgan fingerprint density at radius 1 is 1.50 bits per heavy atom. The standard InChI is InChI=1S/C15H19N3O5S/c1-9-6-12(19)18-15(11(9)7-16)24-8-13(20)23-10(2)14(21)17-4-5-22-3/h6,10H,4-5,8H2,1-3H3,(H,17,21)(H,18,19)/t10-/m1/s1. The minimum absolute atomic E-state index is 0.135. The Morgan fingerprint density at radius 3 is 2.83 bits per heavy atom. The molecule has 1 aromatic heterocycles. The van der Waals surface area contributed by atoms with E-state index in [1.54, 1.807) is 6.92 Å². The highest BCUT2D eigenvalue weighted by Crippen LogP contribution is 2.21. The van der Waals surface area contributed by atoms with Crippen LogP contribution in [0, 0.1) is 18.3 Å². The van der Waals surface area contributed by atoms with Gasteiger partial charge in [0.15, 0.2) is 6.10 Å². The van der Waals surface area contributed by atoms with Crippen molar-refractivity contribution in [2.24, 2.45) is 0 Å². The van der Waals surface area contributed by atoms with Gasteiger partial charge in [0, 0.05) is 19.7 Å². The van der Waals surface area contributed by atoms with E-state index < -0.39 is 18.0 Å². The molecule has 0 aromatic carbocycles. The van der Waals surface area contributed by atoms with Gasteiger partial charge in [-0.25, -0.2) is 0 Å². The van der Waals surface area contributed by atoms with Gasteiger partial charge in [-0.05, 0) is 19.4 Å². The maximum Gasteiger partial charge on any atom is 0.317 e. The number of hydrogen-bond donors (Lipinski definition) is 2. The highest BCUT2D eigenvalue weighted by Gasteiger charge is 2.18. The number of amides is 1. The molecular weight excluding hydrogens is 334 g/mol. The number of nitrogens with one attached hydrogen (secondary N) is 2. The zero-order chi connectivity index (χ0) is 18.1. The second-order valence-electron chi connectivity index (χ2n) is 4.84. The lowest BCUT2D eigenvalue weighted by Gasteiger charge is -2.13. The highest BCUT2D eigenvalue weighted by molar-refractivity contribution is 7.99. The molecule has 2 N–H and O–H groups in total. The molecule has 0 spiro atoms. The fourth-order valence-electron chi connectivity index (χ4n) is 1.74. The van der Waals surface area contributed by atoms with Crippen LogP contribution in [0.3, 0.4) is 0 Å². The van der Waals surface area contributed by atoms with E-state index in [1.807, 2.05) is 6.07 Å². The first kappa shape index (κ1) is 19.7. The van der Waals surface area contributed by atoms with Crippen LogP contribution in [0.15, 0.2) is 15.9 Å². The van der Waals surface area contributed by atoms with Crippen LogP contribution in [-0.2, 0) is 19.1 Å². The smallest absolute Gasteiger partial charge is 0.317 e. The van der Waals surface area contributed by atoms with Gasteiger partial charge in [-0.1, -0.05) is 11.8 Å². The molecule has 0 unspecified atom stereocenters. The summed E-state index contributed by atoms with van der Waals surface area (Å²) in [6.45, 7) is 3.78. The molecule has 0 fully saturated rings. The summed E-state index contributed by atoms with van der Waals surface area (Å²) >= 11 is 0.979. The van der Waals surface area contributed by atoms with Gasteiger partial charge < -0.3 is 19.8 Å². The van der Waals surface area contributed by atoms with Gasteiger partial charge in [0.25, 0.3) is 5.91 Å². The number of carbonyl (C=O) groups is 2. The summed E-state index contributed by atoms with van der Waals surface area (Å²) in [6, 6.07) is 3.30. The van der Waals surface area contributed by atoms with Crippen molar-refractivity contribution in [3.05, 3.63) is 27.5 Å². The SMILES string of the molecule is COCCNC(=O)[C@@H](C)OC(=O)CSc1[nH]c(=O)cc(C)c1C#N. The topological polar surface area (TPSA) is 121 Å². The van der Waals surface area contributed by atoms with Crippen molar-refractivity contribution >= 4 is 23.6 Å². The average Bonchev–Trinajstić information content (AvgIpc) is 2.52. The molecule has 0 aliphatic heterocycles. The number of pyridine rings is 1. The van der Waals surface area contributed by atoms with Crippen LogP contribution in [-0.4, -0.2) is 49.0 Å². The summed E-state index contributed by atoms with van der Waals surface area (Å²) in [6.07, 6.45) is -0.943. The van der Waals surface area contributed by atoms with Crippen molar-refractivity contribution < 1.29 is 19.1 Å². The van der Waals surface area contributed by atoms with Crippen LogP contribution >= 0.6 is 11.8 Å². The summed E-state index contributed by atoms with van der Waals surface area (Å²) in [4.78, 5) is 37.5. The van der Waals surface area contributed by atoms with E-state index >= 15 is 0 Å². The minimum atomic E-state index is -0.943. The molecule has 0 saturated heterocycles. The summed E-state index contributed by atoms with van der Waals surface area (Å²) < 4.78 is 9.81. The Labute approximate surface area is 143 Å². The Hall–Kier alpha value is -2.31. The number of thioether (sulfide) groups is 1. The van der Waals surface area contributed by atoms with E-state index in [9.17, 15) is 14.4 Å². The highest BCUT2D eigenvalue weighted by atomic mass is 32.2. The number of aromatic nitrogens is 1. The van der Waals surface area contributed by atoms with Crippen molar-refractivity contribution in [1.82, 2.24) is 10.3 Å². The van der Waals surface area contributed by atoms with Crippen molar-refractivity contribution in [3.63, 3.8) is 0 Å². The number of esters is 1. The quantitative estimate of drug-likeness (QED) is 0.393. The third-order valence-corrected chi connectivity index (χ3v) is 3.91. The number of methoxy groups -OCH3 is 1. The maximum atomic E-state index is 11.8. The zero-order valence-electron chi connectivity index (χ0n) is 13.7. The molecule has 0 saturated carbocycles. The summed E-state index contributed by atoms with van der Waals surface area (Å²) in [5.41, 5.74) is 0.481. The molecule has 1 atom stereocenters. The monoisotopic (exact) mass is 353 g/mol. The van der Waals surface area contributed by atoms with E-state index in [4.69, 9.17) is 14.7 Å². The molecule has 9 heteroatoms. The number of nitrogens with zero attached hydrogens (tertiary/aromatic N) is 1. The maximum absolute atomic E-state index is 11.8. The molecule has 0 aliphatic carbocycles. The lowest BCUT2D eigenvalue weighted by molar-refractivity contribution is -0.152. The average molecular weight is 353 g/mol. The summed E-state index contributed by atoms with van der Waals surface area (Å²) in [5, 5.41) is 12.0. The molecule has 130 valence electrons. The van der Waals surface area contributed by atoms with E-state index in [1.165, 1.54) is 20.1 Å². The lowest BCUT2D eigenvalue weighted by Crippen LogP contribution is -2.37. The summed E-state index contributed by atoms with van der Waals surface area (Å²) in [5.74, 6) is -1.18. The van der Waals surface area contributed by atoms with Gasteiger partial charge in [-0.2, -0.15) is 5.26 Å². The number of hydrogen-bond acceptors (Lipinski definition) is 7. The number of aromatic amines is 1. The Morgan fingerprint density at radius 2 is 2.21 bits per heavy atom. The fourth-order valence-corrected chi connectivity index (χ4v) is 2.60. The van der Waals surface area contributed by atoms with Crippen LogP contribution < -0.4 is 10.9 Å².